The zero-order valence-electron chi connectivity index (χ0n) is 14.7. The second-order valence-electron chi connectivity index (χ2n) is 5.44. The second kappa shape index (κ2) is 8.89. The van der Waals surface area contributed by atoms with E-state index in [0.29, 0.717) is 36.0 Å². The van der Waals surface area contributed by atoms with Gasteiger partial charge in [0.05, 0.1) is 39.3 Å². The minimum atomic E-state index is -0.331. The van der Waals surface area contributed by atoms with Crippen LogP contribution in [0.25, 0.3) is 0 Å². The van der Waals surface area contributed by atoms with Gasteiger partial charge in [-0.05, 0) is 18.2 Å². The van der Waals surface area contributed by atoms with Gasteiger partial charge in [-0.1, -0.05) is 6.07 Å². The Morgan fingerprint density at radius 3 is 2.60 bits per heavy atom. The van der Waals surface area contributed by atoms with Crippen LogP contribution < -0.4 is 15.2 Å². The highest BCUT2D eigenvalue weighted by atomic mass is 16.5. The molecule has 0 aliphatic carbocycles. The monoisotopic (exact) mass is 345 g/mol. The van der Waals surface area contributed by atoms with Crippen LogP contribution in [0.4, 0.5) is 5.69 Å². The van der Waals surface area contributed by atoms with Gasteiger partial charge in [0.25, 0.3) is 0 Å². The molecule has 1 aromatic heterocycles. The molecule has 7 heteroatoms. The Morgan fingerprint density at radius 2 is 1.96 bits per heavy atom. The average Bonchev–Trinajstić information content (AvgIpc) is 2.63. The maximum absolute atomic E-state index is 11.8. The number of nitrogens with zero attached hydrogens (tertiary/aromatic N) is 2. The SMILES string of the molecule is COC(=O)CN(Cc1ccc(OC)cc1OC)Cc1ncccc1N. The maximum Gasteiger partial charge on any atom is 0.319 e. The van der Waals surface area contributed by atoms with Crippen molar-refractivity contribution < 1.29 is 19.0 Å². The molecule has 2 aromatic rings. The van der Waals surface area contributed by atoms with Crippen molar-refractivity contribution in [3.63, 3.8) is 0 Å². The first kappa shape index (κ1) is 18.5. The Bertz CT molecular complexity index is 721. The van der Waals surface area contributed by atoms with E-state index in [4.69, 9.17) is 19.9 Å². The van der Waals surface area contributed by atoms with E-state index in [1.54, 1.807) is 38.6 Å². The summed E-state index contributed by atoms with van der Waals surface area (Å²) >= 11 is 0. The lowest BCUT2D eigenvalue weighted by Gasteiger charge is -2.22. The Hall–Kier alpha value is -2.80. The standard InChI is InChI=1S/C18H23N3O4/c1-23-14-7-6-13(17(9-14)24-2)10-21(12-18(22)25-3)11-16-15(19)5-4-8-20-16/h4-9H,10-12,19H2,1-3H3. The second-order valence-corrected chi connectivity index (χ2v) is 5.44. The Labute approximate surface area is 147 Å². The fourth-order valence-corrected chi connectivity index (χ4v) is 2.43. The predicted molar refractivity (Wildman–Crippen MR) is 94.3 cm³/mol. The molecule has 2 rings (SSSR count). The number of benzene rings is 1. The third-order valence-electron chi connectivity index (χ3n) is 3.77. The number of ether oxygens (including phenoxy) is 3. The first-order chi connectivity index (χ1) is 12.1. The molecule has 0 bridgehead atoms. The number of nitrogen functional groups attached to an aromatic ring is 1. The number of esters is 1. The number of carbonyl (C=O) groups is 1. The highest BCUT2D eigenvalue weighted by Crippen LogP contribution is 2.26. The molecule has 0 amide bonds. The van der Waals surface area contributed by atoms with Crippen LogP contribution in [0.3, 0.4) is 0 Å². The predicted octanol–water partition coefficient (Wildman–Crippen LogP) is 1.86. The molecule has 134 valence electrons. The van der Waals surface area contributed by atoms with Gasteiger partial charge in [0, 0.05) is 30.9 Å². The minimum absolute atomic E-state index is 0.113. The highest BCUT2D eigenvalue weighted by molar-refractivity contribution is 5.71. The quantitative estimate of drug-likeness (QED) is 0.731. The van der Waals surface area contributed by atoms with E-state index in [9.17, 15) is 4.79 Å². The fourth-order valence-electron chi connectivity index (χ4n) is 2.43. The Balaban J connectivity index is 2.24. The summed E-state index contributed by atoms with van der Waals surface area (Å²) in [7, 11) is 4.56. The van der Waals surface area contributed by atoms with Gasteiger partial charge in [-0.2, -0.15) is 0 Å². The van der Waals surface area contributed by atoms with Crippen LogP contribution in [0.15, 0.2) is 36.5 Å². The molecule has 0 radical (unpaired) electrons. The van der Waals surface area contributed by atoms with Crippen LogP contribution in [0.1, 0.15) is 11.3 Å². The number of pyridine rings is 1. The van der Waals surface area contributed by atoms with Gasteiger partial charge in [-0.25, -0.2) is 0 Å². The van der Waals surface area contributed by atoms with Gasteiger partial charge in [0.2, 0.25) is 0 Å². The molecular formula is C18H23N3O4. The fraction of sp³-hybridized carbons (Fsp3) is 0.333. The van der Waals surface area contributed by atoms with Gasteiger partial charge in [-0.3, -0.25) is 14.7 Å². The lowest BCUT2D eigenvalue weighted by molar-refractivity contribution is -0.142. The molecule has 0 aliphatic rings. The zero-order valence-corrected chi connectivity index (χ0v) is 14.7. The largest absolute Gasteiger partial charge is 0.497 e. The number of aromatic nitrogens is 1. The smallest absolute Gasteiger partial charge is 0.319 e. The number of hydrogen-bond acceptors (Lipinski definition) is 7. The van der Waals surface area contributed by atoms with E-state index >= 15 is 0 Å². The van der Waals surface area contributed by atoms with Crippen molar-refractivity contribution in [2.45, 2.75) is 13.1 Å². The van der Waals surface area contributed by atoms with Crippen LogP contribution in [0.5, 0.6) is 11.5 Å². The minimum Gasteiger partial charge on any atom is -0.497 e. The summed E-state index contributed by atoms with van der Waals surface area (Å²) in [5.41, 5.74) is 8.18. The van der Waals surface area contributed by atoms with E-state index in [-0.39, 0.29) is 12.5 Å². The van der Waals surface area contributed by atoms with Gasteiger partial charge < -0.3 is 19.9 Å². The van der Waals surface area contributed by atoms with Crippen molar-refractivity contribution in [2.24, 2.45) is 0 Å². The van der Waals surface area contributed by atoms with E-state index in [1.165, 1.54) is 7.11 Å². The maximum atomic E-state index is 11.8. The average molecular weight is 345 g/mol. The Morgan fingerprint density at radius 1 is 1.16 bits per heavy atom. The summed E-state index contributed by atoms with van der Waals surface area (Å²) in [6, 6.07) is 9.12. The highest BCUT2D eigenvalue weighted by Gasteiger charge is 2.17. The molecule has 2 N–H and O–H groups in total. The molecule has 0 saturated heterocycles. The van der Waals surface area contributed by atoms with E-state index in [2.05, 4.69) is 4.98 Å². The normalized spacial score (nSPS) is 10.6. The van der Waals surface area contributed by atoms with Crippen molar-refractivity contribution in [3.05, 3.63) is 47.8 Å². The lowest BCUT2D eigenvalue weighted by atomic mass is 10.1. The molecule has 7 nitrogen and oxygen atoms in total. The molecule has 0 aliphatic heterocycles. The molecule has 0 spiro atoms. The number of rotatable bonds is 8. The van der Waals surface area contributed by atoms with Gasteiger partial charge >= 0.3 is 5.97 Å². The number of anilines is 1. The van der Waals surface area contributed by atoms with Gasteiger partial charge in [-0.15, -0.1) is 0 Å². The van der Waals surface area contributed by atoms with E-state index in [0.717, 1.165) is 5.56 Å². The number of nitrogens with two attached hydrogens (primary N) is 1. The molecule has 25 heavy (non-hydrogen) atoms. The van der Waals surface area contributed by atoms with E-state index < -0.39 is 0 Å². The van der Waals surface area contributed by atoms with Crippen LogP contribution in [-0.2, 0) is 22.6 Å². The van der Waals surface area contributed by atoms with Crippen LogP contribution in [-0.4, -0.2) is 43.7 Å². The molecule has 1 heterocycles. The zero-order chi connectivity index (χ0) is 18.2. The number of carbonyl (C=O) groups excluding carboxylic acids is 1. The summed E-state index contributed by atoms with van der Waals surface area (Å²) in [4.78, 5) is 18.0. The van der Waals surface area contributed by atoms with Gasteiger partial charge in [0.1, 0.15) is 11.5 Å². The summed E-state index contributed by atoms with van der Waals surface area (Å²) in [5, 5.41) is 0. The van der Waals surface area contributed by atoms with Gasteiger partial charge in [0.15, 0.2) is 0 Å². The first-order valence-corrected chi connectivity index (χ1v) is 7.76. The summed E-state index contributed by atoms with van der Waals surface area (Å²) in [6.45, 7) is 0.997. The summed E-state index contributed by atoms with van der Waals surface area (Å²) in [6.07, 6.45) is 1.68. The number of hydrogen-bond donors (Lipinski definition) is 1. The Kier molecular flexibility index (Phi) is 6.59. The van der Waals surface area contributed by atoms with Crippen molar-refractivity contribution in [1.82, 2.24) is 9.88 Å². The summed E-state index contributed by atoms with van der Waals surface area (Å²) < 4.78 is 15.4. The van der Waals surface area contributed by atoms with Crippen LogP contribution >= 0.6 is 0 Å². The summed E-state index contributed by atoms with van der Waals surface area (Å²) in [5.74, 6) is 1.05. The third kappa shape index (κ3) is 5.09. The van der Waals surface area contributed by atoms with Crippen LogP contribution in [0.2, 0.25) is 0 Å². The van der Waals surface area contributed by atoms with Crippen LogP contribution in [0, 0.1) is 0 Å². The van der Waals surface area contributed by atoms with E-state index in [1.807, 2.05) is 17.0 Å². The van der Waals surface area contributed by atoms with Crippen molar-refractivity contribution in [3.8, 4) is 11.5 Å². The van der Waals surface area contributed by atoms with Crippen molar-refractivity contribution in [1.29, 1.82) is 0 Å². The molecule has 1 aromatic carbocycles. The molecule has 0 unspecified atom stereocenters. The third-order valence-corrected chi connectivity index (χ3v) is 3.77. The first-order valence-electron chi connectivity index (χ1n) is 7.76. The molecule has 0 atom stereocenters. The number of methoxy groups -OCH3 is 3. The molecule has 0 fully saturated rings. The molecule has 0 saturated carbocycles. The molecular weight excluding hydrogens is 322 g/mol. The topological polar surface area (TPSA) is 86.9 Å². The van der Waals surface area contributed by atoms with Crippen molar-refractivity contribution >= 4 is 11.7 Å². The van der Waals surface area contributed by atoms with Crippen molar-refractivity contribution in [2.75, 3.05) is 33.6 Å². The lowest BCUT2D eigenvalue weighted by Crippen LogP contribution is -2.30.